The van der Waals surface area contributed by atoms with Gasteiger partial charge in [-0.3, -0.25) is 4.79 Å². The summed E-state index contributed by atoms with van der Waals surface area (Å²) in [6, 6.07) is 6.90. The van der Waals surface area contributed by atoms with Crippen molar-refractivity contribution in [1.29, 1.82) is 0 Å². The SMILES string of the molecule is CC(C)C(C(=O)O)N1Cc2c([nH]c3ccccc23)C1=O. The topological polar surface area (TPSA) is 73.4 Å². The lowest BCUT2D eigenvalue weighted by atomic mass is 10.0. The summed E-state index contributed by atoms with van der Waals surface area (Å²) >= 11 is 0. The highest BCUT2D eigenvalue weighted by Crippen LogP contribution is 2.32. The van der Waals surface area contributed by atoms with Crippen molar-refractivity contribution in [3.05, 3.63) is 35.5 Å². The summed E-state index contributed by atoms with van der Waals surface area (Å²) in [4.78, 5) is 28.4. The number of fused-ring (bicyclic) bond motifs is 3. The third-order valence-corrected chi connectivity index (χ3v) is 3.84. The molecule has 104 valence electrons. The van der Waals surface area contributed by atoms with Crippen molar-refractivity contribution >= 4 is 22.8 Å². The Morgan fingerprint density at radius 3 is 2.70 bits per heavy atom. The molecule has 1 aliphatic rings. The van der Waals surface area contributed by atoms with Crippen LogP contribution >= 0.6 is 0 Å². The first kappa shape index (κ1) is 12.7. The molecule has 0 saturated carbocycles. The van der Waals surface area contributed by atoms with Gasteiger partial charge in [-0.1, -0.05) is 32.0 Å². The lowest BCUT2D eigenvalue weighted by molar-refractivity contribution is -0.144. The molecule has 1 aromatic carbocycles. The molecule has 0 bridgehead atoms. The number of aromatic amines is 1. The second-order valence-electron chi connectivity index (χ2n) is 5.48. The third kappa shape index (κ3) is 1.70. The van der Waals surface area contributed by atoms with E-state index < -0.39 is 12.0 Å². The van der Waals surface area contributed by atoms with E-state index in [9.17, 15) is 14.7 Å². The predicted octanol–water partition coefficient (Wildman–Crippen LogP) is 2.23. The van der Waals surface area contributed by atoms with Crippen LogP contribution in [0.15, 0.2) is 24.3 Å². The van der Waals surface area contributed by atoms with Gasteiger partial charge < -0.3 is 15.0 Å². The maximum Gasteiger partial charge on any atom is 0.326 e. The molecule has 2 aromatic rings. The number of nitrogens with zero attached hydrogens (tertiary/aromatic N) is 1. The molecule has 1 unspecified atom stereocenters. The Hall–Kier alpha value is -2.30. The zero-order valence-corrected chi connectivity index (χ0v) is 11.4. The Kier molecular flexibility index (Phi) is 2.78. The van der Waals surface area contributed by atoms with Crippen LogP contribution in [-0.4, -0.2) is 32.9 Å². The molecule has 1 aliphatic heterocycles. The van der Waals surface area contributed by atoms with Crippen LogP contribution in [0.2, 0.25) is 0 Å². The van der Waals surface area contributed by atoms with Gasteiger partial charge in [-0.05, 0) is 12.0 Å². The number of amides is 1. The van der Waals surface area contributed by atoms with Gasteiger partial charge in [0, 0.05) is 23.0 Å². The van der Waals surface area contributed by atoms with Crippen LogP contribution in [0.25, 0.3) is 10.9 Å². The minimum Gasteiger partial charge on any atom is -0.480 e. The van der Waals surface area contributed by atoms with Crippen molar-refractivity contribution in [2.75, 3.05) is 0 Å². The second-order valence-corrected chi connectivity index (χ2v) is 5.48. The fourth-order valence-electron chi connectivity index (χ4n) is 2.94. The number of hydrogen-bond acceptors (Lipinski definition) is 2. The molecular weight excluding hydrogens is 256 g/mol. The number of carbonyl (C=O) groups is 2. The lowest BCUT2D eigenvalue weighted by Gasteiger charge is -2.27. The fraction of sp³-hybridized carbons (Fsp3) is 0.333. The van der Waals surface area contributed by atoms with Crippen molar-refractivity contribution in [1.82, 2.24) is 9.88 Å². The van der Waals surface area contributed by atoms with Crippen molar-refractivity contribution < 1.29 is 14.7 Å². The zero-order valence-electron chi connectivity index (χ0n) is 11.4. The summed E-state index contributed by atoms with van der Waals surface area (Å²) in [5.74, 6) is -1.31. The number of carboxylic acid groups (broad SMARTS) is 1. The van der Waals surface area contributed by atoms with Gasteiger partial charge in [-0.15, -0.1) is 0 Å². The smallest absolute Gasteiger partial charge is 0.326 e. The Bertz CT molecular complexity index is 702. The number of aliphatic carboxylic acids is 1. The van der Waals surface area contributed by atoms with Gasteiger partial charge in [0.05, 0.1) is 0 Å². The molecule has 3 rings (SSSR count). The van der Waals surface area contributed by atoms with E-state index in [0.29, 0.717) is 12.2 Å². The average molecular weight is 272 g/mol. The van der Waals surface area contributed by atoms with Crippen LogP contribution in [0.4, 0.5) is 0 Å². The molecule has 0 saturated heterocycles. The Morgan fingerprint density at radius 1 is 1.35 bits per heavy atom. The Labute approximate surface area is 116 Å². The van der Waals surface area contributed by atoms with Gasteiger partial charge in [0.2, 0.25) is 0 Å². The number of benzene rings is 1. The van der Waals surface area contributed by atoms with Crippen LogP contribution in [0, 0.1) is 5.92 Å². The fourth-order valence-corrected chi connectivity index (χ4v) is 2.94. The Morgan fingerprint density at radius 2 is 2.05 bits per heavy atom. The van der Waals surface area contributed by atoms with Crippen molar-refractivity contribution in [3.8, 4) is 0 Å². The Balaban J connectivity index is 2.04. The summed E-state index contributed by atoms with van der Waals surface area (Å²) in [6.45, 7) is 3.99. The molecule has 0 fully saturated rings. The van der Waals surface area contributed by atoms with Gasteiger partial charge in [-0.2, -0.15) is 0 Å². The zero-order chi connectivity index (χ0) is 14.4. The summed E-state index contributed by atoms with van der Waals surface area (Å²) < 4.78 is 0. The van der Waals surface area contributed by atoms with Gasteiger partial charge >= 0.3 is 5.97 Å². The van der Waals surface area contributed by atoms with Crippen LogP contribution < -0.4 is 0 Å². The highest BCUT2D eigenvalue weighted by molar-refractivity contribution is 6.05. The average Bonchev–Trinajstić information content (AvgIpc) is 2.88. The van der Waals surface area contributed by atoms with E-state index in [2.05, 4.69) is 4.98 Å². The minimum absolute atomic E-state index is 0.133. The van der Waals surface area contributed by atoms with E-state index in [0.717, 1.165) is 16.5 Å². The van der Waals surface area contributed by atoms with Crippen LogP contribution in [0.5, 0.6) is 0 Å². The highest BCUT2D eigenvalue weighted by Gasteiger charge is 2.39. The van der Waals surface area contributed by atoms with Gasteiger partial charge in [-0.25, -0.2) is 4.79 Å². The molecule has 2 N–H and O–H groups in total. The number of carboxylic acids is 1. The molecule has 1 amide bonds. The maximum atomic E-state index is 12.4. The van der Waals surface area contributed by atoms with E-state index >= 15 is 0 Å². The summed E-state index contributed by atoms with van der Waals surface area (Å²) in [6.07, 6.45) is 0. The number of carbonyl (C=O) groups excluding carboxylic acids is 1. The second kappa shape index (κ2) is 4.37. The quantitative estimate of drug-likeness (QED) is 0.899. The highest BCUT2D eigenvalue weighted by atomic mass is 16.4. The molecule has 2 heterocycles. The first-order valence-corrected chi connectivity index (χ1v) is 6.64. The number of H-pyrrole nitrogens is 1. The van der Waals surface area contributed by atoms with Gasteiger partial charge in [0.25, 0.3) is 5.91 Å². The predicted molar refractivity (Wildman–Crippen MR) is 74.4 cm³/mol. The van der Waals surface area contributed by atoms with Gasteiger partial charge in [0.15, 0.2) is 0 Å². The largest absolute Gasteiger partial charge is 0.480 e. The molecule has 0 aliphatic carbocycles. The first-order valence-electron chi connectivity index (χ1n) is 6.64. The third-order valence-electron chi connectivity index (χ3n) is 3.84. The molecule has 5 heteroatoms. The van der Waals surface area contributed by atoms with Crippen LogP contribution in [0.3, 0.4) is 0 Å². The van der Waals surface area contributed by atoms with E-state index in [1.807, 2.05) is 38.1 Å². The maximum absolute atomic E-state index is 12.4. The molecule has 20 heavy (non-hydrogen) atoms. The number of nitrogens with one attached hydrogen (secondary N) is 1. The summed E-state index contributed by atoms with van der Waals surface area (Å²) in [5.41, 5.74) is 2.34. The number of rotatable bonds is 3. The van der Waals surface area contributed by atoms with E-state index in [1.165, 1.54) is 4.90 Å². The minimum atomic E-state index is -0.956. The van der Waals surface area contributed by atoms with Crippen LogP contribution in [-0.2, 0) is 11.3 Å². The molecule has 1 atom stereocenters. The van der Waals surface area contributed by atoms with E-state index in [1.54, 1.807) is 0 Å². The van der Waals surface area contributed by atoms with E-state index in [4.69, 9.17) is 0 Å². The monoisotopic (exact) mass is 272 g/mol. The lowest BCUT2D eigenvalue weighted by Crippen LogP contribution is -2.45. The normalized spacial score (nSPS) is 15.9. The molecular formula is C15H16N2O3. The van der Waals surface area contributed by atoms with Gasteiger partial charge in [0.1, 0.15) is 11.7 Å². The molecule has 0 spiro atoms. The molecule has 5 nitrogen and oxygen atoms in total. The number of aromatic nitrogens is 1. The number of para-hydroxylation sites is 1. The van der Waals surface area contributed by atoms with Crippen molar-refractivity contribution in [3.63, 3.8) is 0 Å². The summed E-state index contributed by atoms with van der Waals surface area (Å²) in [5, 5.41) is 10.3. The van der Waals surface area contributed by atoms with Crippen molar-refractivity contribution in [2.24, 2.45) is 5.92 Å². The number of hydrogen-bond donors (Lipinski definition) is 2. The first-order chi connectivity index (χ1) is 9.50. The summed E-state index contributed by atoms with van der Waals surface area (Å²) in [7, 11) is 0. The molecule has 0 radical (unpaired) electrons. The van der Waals surface area contributed by atoms with E-state index in [-0.39, 0.29) is 11.8 Å². The molecule has 1 aromatic heterocycles. The standard InChI is InChI=1S/C15H16N2O3/c1-8(2)13(15(19)20)17-7-10-9-5-3-4-6-11(9)16-12(10)14(17)18/h3-6,8,13,16H,7H2,1-2H3,(H,19,20). The van der Waals surface area contributed by atoms with Crippen molar-refractivity contribution in [2.45, 2.75) is 26.4 Å². The van der Waals surface area contributed by atoms with Crippen LogP contribution in [0.1, 0.15) is 29.9 Å².